The lowest BCUT2D eigenvalue weighted by atomic mass is 10.3. The molecule has 4 aromatic rings. The second kappa shape index (κ2) is 7.32. The molecule has 10 heteroatoms. The van der Waals surface area contributed by atoms with Crippen molar-refractivity contribution in [3.8, 4) is 16.5 Å². The van der Waals surface area contributed by atoms with Crippen molar-refractivity contribution in [3.05, 3.63) is 75.1 Å². The Morgan fingerprint density at radius 2 is 2.00 bits per heavy atom. The van der Waals surface area contributed by atoms with Crippen LogP contribution in [-0.4, -0.2) is 25.6 Å². The summed E-state index contributed by atoms with van der Waals surface area (Å²) in [6.07, 6.45) is 0. The molecule has 3 heterocycles. The summed E-state index contributed by atoms with van der Waals surface area (Å²) < 4.78 is 7.13. The molecule has 0 bridgehead atoms. The Morgan fingerprint density at radius 3 is 2.66 bits per heavy atom. The van der Waals surface area contributed by atoms with Crippen LogP contribution in [0.1, 0.15) is 21.9 Å². The number of hydrogen-bond acceptors (Lipinski definition) is 7. The number of oxazole rings is 1. The number of nitrogens with zero attached hydrogens (tertiary/aromatic N) is 4. The van der Waals surface area contributed by atoms with Crippen molar-refractivity contribution in [2.24, 2.45) is 0 Å². The molecule has 3 aromatic heterocycles. The maximum absolute atomic E-state index is 12.8. The first-order valence-corrected chi connectivity index (χ1v) is 9.44. The van der Waals surface area contributed by atoms with E-state index in [0.29, 0.717) is 28.9 Å². The molecule has 0 saturated heterocycles. The number of benzene rings is 1. The summed E-state index contributed by atoms with van der Waals surface area (Å²) >= 11 is 1.47. The third-order valence-corrected chi connectivity index (χ3v) is 4.98. The molecular weight excluding hydrogens is 394 g/mol. The van der Waals surface area contributed by atoms with Gasteiger partial charge in [0, 0.05) is 18.2 Å². The lowest BCUT2D eigenvalue weighted by Crippen LogP contribution is -2.16. The van der Waals surface area contributed by atoms with E-state index >= 15 is 0 Å². The van der Waals surface area contributed by atoms with Gasteiger partial charge in [-0.1, -0.05) is 6.07 Å². The average Bonchev–Trinajstić information content (AvgIpc) is 3.42. The summed E-state index contributed by atoms with van der Waals surface area (Å²) in [5.41, 5.74) is 1.41. The van der Waals surface area contributed by atoms with Gasteiger partial charge in [0.05, 0.1) is 21.2 Å². The van der Waals surface area contributed by atoms with E-state index < -0.39 is 10.8 Å². The topological polar surface area (TPSA) is 116 Å². The number of anilines is 1. The van der Waals surface area contributed by atoms with E-state index in [2.05, 4.69) is 15.4 Å². The molecule has 0 unspecified atom stereocenters. The highest BCUT2D eigenvalue weighted by molar-refractivity contribution is 7.13. The number of hydrogen-bond donors (Lipinski definition) is 1. The third kappa shape index (κ3) is 3.65. The van der Waals surface area contributed by atoms with Crippen molar-refractivity contribution in [1.82, 2.24) is 14.8 Å². The van der Waals surface area contributed by atoms with Crippen molar-refractivity contribution in [2.75, 3.05) is 5.32 Å². The number of nitro benzene ring substituents is 1. The number of non-ortho nitro benzene ring substituents is 1. The van der Waals surface area contributed by atoms with Gasteiger partial charge in [-0.25, -0.2) is 9.67 Å². The number of nitro groups is 1. The van der Waals surface area contributed by atoms with Crippen LogP contribution in [0.5, 0.6) is 0 Å². The summed E-state index contributed by atoms with van der Waals surface area (Å²) in [6, 6.07) is 11.3. The SMILES string of the molecule is Cc1cc(NC(=O)c2nc(-c3cccs3)oc2C)n(-c2ccc([N+](=O)[O-])cc2)n1. The molecule has 0 saturated carbocycles. The third-order valence-electron chi connectivity index (χ3n) is 4.12. The average molecular weight is 409 g/mol. The first-order valence-electron chi connectivity index (χ1n) is 8.56. The highest BCUT2D eigenvalue weighted by atomic mass is 32.1. The van der Waals surface area contributed by atoms with E-state index in [-0.39, 0.29) is 11.4 Å². The smallest absolute Gasteiger partial charge is 0.279 e. The van der Waals surface area contributed by atoms with E-state index in [4.69, 9.17) is 4.42 Å². The van der Waals surface area contributed by atoms with Gasteiger partial charge < -0.3 is 9.73 Å². The van der Waals surface area contributed by atoms with Crippen LogP contribution in [-0.2, 0) is 0 Å². The maximum atomic E-state index is 12.8. The molecule has 0 atom stereocenters. The predicted octanol–water partition coefficient (Wildman–Crippen LogP) is 4.37. The van der Waals surface area contributed by atoms with Gasteiger partial charge in [0.1, 0.15) is 11.6 Å². The van der Waals surface area contributed by atoms with Crippen LogP contribution in [0.3, 0.4) is 0 Å². The summed E-state index contributed by atoms with van der Waals surface area (Å²) in [5.74, 6) is 0.783. The minimum atomic E-state index is -0.473. The molecule has 1 N–H and O–H groups in total. The number of carbonyl (C=O) groups is 1. The van der Waals surface area contributed by atoms with Crippen molar-refractivity contribution >= 4 is 28.7 Å². The zero-order valence-electron chi connectivity index (χ0n) is 15.4. The van der Waals surface area contributed by atoms with Crippen LogP contribution >= 0.6 is 11.3 Å². The minimum Gasteiger partial charge on any atom is -0.440 e. The lowest BCUT2D eigenvalue weighted by molar-refractivity contribution is -0.384. The highest BCUT2D eigenvalue weighted by Crippen LogP contribution is 2.27. The fourth-order valence-electron chi connectivity index (χ4n) is 2.79. The molecular formula is C19H15N5O4S. The Bertz CT molecular complexity index is 1190. The molecule has 0 spiro atoms. The second-order valence-corrected chi connectivity index (χ2v) is 7.16. The zero-order chi connectivity index (χ0) is 20.5. The second-order valence-electron chi connectivity index (χ2n) is 6.21. The molecule has 29 heavy (non-hydrogen) atoms. The zero-order valence-corrected chi connectivity index (χ0v) is 16.3. The lowest BCUT2D eigenvalue weighted by Gasteiger charge is -2.08. The number of rotatable bonds is 5. The first-order chi connectivity index (χ1) is 13.9. The fraction of sp³-hybridized carbons (Fsp3) is 0.105. The van der Waals surface area contributed by atoms with Gasteiger partial charge in [-0.2, -0.15) is 5.10 Å². The molecule has 4 rings (SSSR count). The van der Waals surface area contributed by atoms with Crippen molar-refractivity contribution in [3.63, 3.8) is 0 Å². The van der Waals surface area contributed by atoms with Gasteiger partial charge in [-0.15, -0.1) is 11.3 Å². The van der Waals surface area contributed by atoms with Gasteiger partial charge in [-0.3, -0.25) is 14.9 Å². The summed E-state index contributed by atoms with van der Waals surface area (Å²) in [7, 11) is 0. The number of aromatic nitrogens is 3. The van der Waals surface area contributed by atoms with E-state index in [1.807, 2.05) is 17.5 Å². The van der Waals surface area contributed by atoms with Gasteiger partial charge in [0.2, 0.25) is 5.89 Å². The monoisotopic (exact) mass is 409 g/mol. The van der Waals surface area contributed by atoms with E-state index in [9.17, 15) is 14.9 Å². The molecule has 0 aliphatic heterocycles. The van der Waals surface area contributed by atoms with Gasteiger partial charge in [0.15, 0.2) is 5.69 Å². The van der Waals surface area contributed by atoms with Crippen molar-refractivity contribution in [1.29, 1.82) is 0 Å². The van der Waals surface area contributed by atoms with E-state index in [0.717, 1.165) is 4.88 Å². The Hall–Kier alpha value is -3.79. The van der Waals surface area contributed by atoms with Crippen LogP contribution in [0, 0.1) is 24.0 Å². The Morgan fingerprint density at radius 1 is 1.24 bits per heavy atom. The van der Waals surface area contributed by atoms with Crippen LogP contribution in [0.25, 0.3) is 16.5 Å². The quantitative estimate of drug-likeness (QED) is 0.386. The summed E-state index contributed by atoms with van der Waals surface area (Å²) in [5, 5.41) is 19.9. The van der Waals surface area contributed by atoms with E-state index in [1.54, 1.807) is 32.0 Å². The molecule has 0 aliphatic carbocycles. The van der Waals surface area contributed by atoms with Crippen LogP contribution in [0.2, 0.25) is 0 Å². The number of nitrogens with one attached hydrogen (secondary N) is 1. The first kappa shape index (κ1) is 18.6. The van der Waals surface area contributed by atoms with Crippen molar-refractivity contribution in [2.45, 2.75) is 13.8 Å². The number of amides is 1. The fourth-order valence-corrected chi connectivity index (χ4v) is 3.44. The van der Waals surface area contributed by atoms with Crippen LogP contribution < -0.4 is 5.32 Å². The summed E-state index contributed by atoms with van der Waals surface area (Å²) in [4.78, 5) is 28.3. The predicted molar refractivity (Wildman–Crippen MR) is 107 cm³/mol. The molecule has 146 valence electrons. The van der Waals surface area contributed by atoms with Crippen LogP contribution in [0.4, 0.5) is 11.5 Å². The molecule has 0 radical (unpaired) electrons. The standard InChI is InChI=1S/C19H15N5O4S/c1-11-10-16(23(22-11)13-5-7-14(8-6-13)24(26)27)20-18(25)17-12(2)28-19(21-17)15-4-3-9-29-15/h3-10H,1-2H3,(H,20,25). The molecule has 9 nitrogen and oxygen atoms in total. The maximum Gasteiger partial charge on any atom is 0.279 e. The number of carbonyl (C=O) groups excluding carboxylic acids is 1. The molecule has 0 fully saturated rings. The van der Waals surface area contributed by atoms with Crippen LogP contribution in [0.15, 0.2) is 52.3 Å². The minimum absolute atomic E-state index is 0.0254. The summed E-state index contributed by atoms with van der Waals surface area (Å²) in [6.45, 7) is 3.46. The molecule has 0 aliphatic rings. The number of aryl methyl sites for hydroxylation is 2. The highest BCUT2D eigenvalue weighted by Gasteiger charge is 2.20. The Balaban J connectivity index is 1.62. The largest absolute Gasteiger partial charge is 0.440 e. The van der Waals surface area contributed by atoms with Crippen molar-refractivity contribution < 1.29 is 14.1 Å². The van der Waals surface area contributed by atoms with Gasteiger partial charge in [-0.05, 0) is 37.4 Å². The Labute approximate surface area is 168 Å². The Kier molecular flexibility index (Phi) is 4.69. The van der Waals surface area contributed by atoms with Gasteiger partial charge in [0.25, 0.3) is 11.6 Å². The molecule has 1 amide bonds. The number of thiophene rings is 1. The van der Waals surface area contributed by atoms with E-state index in [1.165, 1.54) is 28.2 Å². The molecule has 1 aromatic carbocycles. The normalized spacial score (nSPS) is 10.8. The van der Waals surface area contributed by atoms with Gasteiger partial charge >= 0.3 is 0 Å².